The molecule has 3 aromatic heterocycles. The molecule has 0 bridgehead atoms. The number of hydrogen-bond donors (Lipinski definition) is 4. The van der Waals surface area contributed by atoms with Gasteiger partial charge >= 0.3 is 0 Å². The fourth-order valence-corrected chi connectivity index (χ4v) is 3.60. The van der Waals surface area contributed by atoms with Crippen LogP contribution in [0.3, 0.4) is 0 Å². The summed E-state index contributed by atoms with van der Waals surface area (Å²) < 4.78 is 0. The topological polar surface area (TPSA) is 131 Å². The summed E-state index contributed by atoms with van der Waals surface area (Å²) in [5.41, 5.74) is 10.8. The zero-order valence-electron chi connectivity index (χ0n) is 18.9. The number of pyridine rings is 2. The SMILES string of the molecule is Cc1cc(Nc2ccc(NC(=O)c3ccc(Nc4ccnc5ccccc45)cn3)cc2)nc(N)n1. The summed E-state index contributed by atoms with van der Waals surface area (Å²) in [6.45, 7) is 1.85. The molecule has 0 aliphatic carbocycles. The number of hydrogen-bond acceptors (Lipinski definition) is 8. The summed E-state index contributed by atoms with van der Waals surface area (Å²) in [7, 11) is 0. The van der Waals surface area contributed by atoms with E-state index >= 15 is 0 Å². The van der Waals surface area contributed by atoms with E-state index in [1.807, 2.05) is 55.5 Å². The molecule has 0 saturated heterocycles. The lowest BCUT2D eigenvalue weighted by Crippen LogP contribution is -2.13. The second-order valence-electron chi connectivity index (χ2n) is 7.84. The molecule has 0 spiro atoms. The van der Waals surface area contributed by atoms with Crippen LogP contribution >= 0.6 is 0 Å². The van der Waals surface area contributed by atoms with Crippen LogP contribution in [0.5, 0.6) is 0 Å². The highest BCUT2D eigenvalue weighted by atomic mass is 16.1. The highest BCUT2D eigenvalue weighted by Gasteiger charge is 2.09. The number of nitrogen functional groups attached to an aromatic ring is 1. The van der Waals surface area contributed by atoms with Gasteiger partial charge in [0.1, 0.15) is 11.5 Å². The maximum atomic E-state index is 12.7. The van der Waals surface area contributed by atoms with Crippen LogP contribution in [-0.4, -0.2) is 25.8 Å². The van der Waals surface area contributed by atoms with E-state index in [0.29, 0.717) is 17.2 Å². The average molecular weight is 463 g/mol. The summed E-state index contributed by atoms with van der Waals surface area (Å²) in [4.78, 5) is 29.6. The molecule has 0 aliphatic rings. The molecular formula is C26H22N8O. The van der Waals surface area contributed by atoms with E-state index in [2.05, 4.69) is 35.9 Å². The molecule has 0 atom stereocenters. The molecule has 0 saturated carbocycles. The highest BCUT2D eigenvalue weighted by Crippen LogP contribution is 2.25. The Morgan fingerprint density at radius 3 is 2.37 bits per heavy atom. The minimum absolute atomic E-state index is 0.208. The predicted octanol–water partition coefficient (Wildman–Crippen LogP) is 5.05. The third-order valence-corrected chi connectivity index (χ3v) is 5.21. The number of nitrogens with one attached hydrogen (secondary N) is 3. The van der Waals surface area contributed by atoms with Gasteiger partial charge in [-0.05, 0) is 55.5 Å². The van der Waals surface area contributed by atoms with Crippen LogP contribution in [0, 0.1) is 6.92 Å². The number of aromatic nitrogens is 4. The van der Waals surface area contributed by atoms with Crippen molar-refractivity contribution >= 4 is 51.3 Å². The van der Waals surface area contributed by atoms with Crippen molar-refractivity contribution in [2.45, 2.75) is 6.92 Å². The van der Waals surface area contributed by atoms with Crippen molar-refractivity contribution < 1.29 is 4.79 Å². The van der Waals surface area contributed by atoms with Crippen molar-refractivity contribution in [3.05, 3.63) is 96.6 Å². The molecule has 1 amide bonds. The maximum absolute atomic E-state index is 12.7. The van der Waals surface area contributed by atoms with Gasteiger partial charge in [-0.25, -0.2) is 9.97 Å². The fraction of sp³-hybridized carbons (Fsp3) is 0.0385. The largest absolute Gasteiger partial charge is 0.368 e. The van der Waals surface area contributed by atoms with Crippen LogP contribution in [0.15, 0.2) is 85.2 Å². The second kappa shape index (κ2) is 9.44. The average Bonchev–Trinajstić information content (AvgIpc) is 2.85. The number of fused-ring (bicyclic) bond motifs is 1. The van der Waals surface area contributed by atoms with Gasteiger partial charge in [0, 0.05) is 40.4 Å². The van der Waals surface area contributed by atoms with Crippen molar-refractivity contribution in [1.82, 2.24) is 19.9 Å². The van der Waals surface area contributed by atoms with Gasteiger partial charge in [0.25, 0.3) is 5.91 Å². The number of para-hydroxylation sites is 1. The first-order valence-corrected chi connectivity index (χ1v) is 10.9. The molecule has 5 rings (SSSR count). The van der Waals surface area contributed by atoms with Gasteiger partial charge in [-0.2, -0.15) is 4.98 Å². The van der Waals surface area contributed by atoms with Crippen molar-refractivity contribution in [3.63, 3.8) is 0 Å². The van der Waals surface area contributed by atoms with E-state index in [-0.39, 0.29) is 11.9 Å². The van der Waals surface area contributed by atoms with Crippen LogP contribution in [0.4, 0.5) is 34.5 Å². The molecule has 9 nitrogen and oxygen atoms in total. The van der Waals surface area contributed by atoms with E-state index < -0.39 is 0 Å². The molecule has 5 N–H and O–H groups in total. The van der Waals surface area contributed by atoms with Crippen molar-refractivity contribution in [2.75, 3.05) is 21.7 Å². The Bertz CT molecular complexity index is 1480. The van der Waals surface area contributed by atoms with E-state index in [1.165, 1.54) is 0 Å². The normalized spacial score (nSPS) is 10.7. The lowest BCUT2D eigenvalue weighted by Gasteiger charge is -2.10. The summed E-state index contributed by atoms with van der Waals surface area (Å²) in [6.07, 6.45) is 3.39. The third kappa shape index (κ3) is 5.14. The van der Waals surface area contributed by atoms with Gasteiger partial charge in [-0.1, -0.05) is 18.2 Å². The Hall–Kier alpha value is -5.05. The first-order chi connectivity index (χ1) is 17.0. The third-order valence-electron chi connectivity index (χ3n) is 5.21. The highest BCUT2D eigenvalue weighted by molar-refractivity contribution is 6.03. The number of rotatable bonds is 6. The Morgan fingerprint density at radius 2 is 1.60 bits per heavy atom. The number of benzene rings is 2. The molecule has 0 fully saturated rings. The van der Waals surface area contributed by atoms with Crippen molar-refractivity contribution in [1.29, 1.82) is 0 Å². The van der Waals surface area contributed by atoms with Crippen LogP contribution in [0.25, 0.3) is 10.9 Å². The van der Waals surface area contributed by atoms with Gasteiger partial charge in [-0.15, -0.1) is 0 Å². The van der Waals surface area contributed by atoms with E-state index in [0.717, 1.165) is 33.7 Å². The second-order valence-corrected chi connectivity index (χ2v) is 7.84. The number of anilines is 6. The first-order valence-electron chi connectivity index (χ1n) is 10.9. The summed E-state index contributed by atoms with van der Waals surface area (Å²) in [6, 6.07) is 22.3. The Labute approximate surface area is 201 Å². The number of nitrogens with zero attached hydrogens (tertiary/aromatic N) is 4. The lowest BCUT2D eigenvalue weighted by molar-refractivity contribution is 0.102. The molecule has 0 unspecified atom stereocenters. The van der Waals surface area contributed by atoms with Crippen LogP contribution < -0.4 is 21.7 Å². The van der Waals surface area contributed by atoms with E-state index in [9.17, 15) is 4.79 Å². The Balaban J connectivity index is 1.23. The molecule has 2 aromatic carbocycles. The molecule has 35 heavy (non-hydrogen) atoms. The number of nitrogens with two attached hydrogens (primary N) is 1. The zero-order chi connectivity index (χ0) is 24.2. The van der Waals surface area contributed by atoms with Gasteiger partial charge in [0.2, 0.25) is 5.95 Å². The molecular weight excluding hydrogens is 440 g/mol. The summed E-state index contributed by atoms with van der Waals surface area (Å²) in [5.74, 6) is 0.509. The van der Waals surface area contributed by atoms with Crippen molar-refractivity contribution in [3.8, 4) is 0 Å². The molecule has 5 aromatic rings. The van der Waals surface area contributed by atoms with Crippen LogP contribution in [0.1, 0.15) is 16.2 Å². The maximum Gasteiger partial charge on any atom is 0.274 e. The Morgan fingerprint density at radius 1 is 0.829 bits per heavy atom. The minimum Gasteiger partial charge on any atom is -0.368 e. The van der Waals surface area contributed by atoms with E-state index in [1.54, 1.807) is 36.7 Å². The molecule has 9 heteroatoms. The molecule has 0 aliphatic heterocycles. The molecule has 172 valence electrons. The predicted molar refractivity (Wildman–Crippen MR) is 138 cm³/mol. The van der Waals surface area contributed by atoms with Crippen LogP contribution in [0.2, 0.25) is 0 Å². The number of aryl methyl sites for hydroxylation is 1. The monoisotopic (exact) mass is 462 g/mol. The van der Waals surface area contributed by atoms with Crippen LogP contribution in [-0.2, 0) is 0 Å². The summed E-state index contributed by atoms with van der Waals surface area (Å²) >= 11 is 0. The first kappa shape index (κ1) is 21.8. The quantitative estimate of drug-likeness (QED) is 0.276. The molecule has 0 radical (unpaired) electrons. The summed E-state index contributed by atoms with van der Waals surface area (Å²) in [5, 5.41) is 10.4. The van der Waals surface area contributed by atoms with Gasteiger partial charge in [-0.3, -0.25) is 9.78 Å². The number of carbonyl (C=O) groups excluding carboxylic acids is 1. The number of carbonyl (C=O) groups is 1. The van der Waals surface area contributed by atoms with E-state index in [4.69, 9.17) is 5.73 Å². The lowest BCUT2D eigenvalue weighted by atomic mass is 10.2. The zero-order valence-corrected chi connectivity index (χ0v) is 18.9. The molecule has 3 heterocycles. The van der Waals surface area contributed by atoms with Gasteiger partial charge in [0.15, 0.2) is 0 Å². The minimum atomic E-state index is -0.300. The number of amides is 1. The smallest absolute Gasteiger partial charge is 0.274 e. The van der Waals surface area contributed by atoms with Crippen molar-refractivity contribution in [2.24, 2.45) is 0 Å². The standard InChI is InChI=1S/C26H22N8O/c1-16-14-24(34-26(27)30-16)32-17-6-8-18(9-7-17)33-25(35)23-11-10-19(15-29-23)31-22-12-13-28-21-5-3-2-4-20(21)22/h2-15H,1H3,(H,28,31)(H,33,35)(H3,27,30,32,34). The Kier molecular flexibility index (Phi) is 5.87. The van der Waals surface area contributed by atoms with Gasteiger partial charge in [0.05, 0.1) is 17.4 Å². The van der Waals surface area contributed by atoms with Gasteiger partial charge < -0.3 is 21.7 Å². The fourth-order valence-electron chi connectivity index (χ4n) is 3.60.